The summed E-state index contributed by atoms with van der Waals surface area (Å²) in [5.74, 6) is -0.270. The Balaban J connectivity index is 1.63. The maximum Gasteiger partial charge on any atom is 0.226 e. The molecule has 10 heteroatoms. The van der Waals surface area contributed by atoms with Crippen LogP contribution >= 0.6 is 47.0 Å². The molecule has 2 N–H and O–H groups in total. The lowest BCUT2D eigenvalue weighted by Crippen LogP contribution is -2.29. The number of hydrogen-bond acceptors (Lipinski definition) is 3. The Morgan fingerprint density at radius 1 is 1.02 bits per heavy atom. The average molecular weight is 613 g/mol. The molecule has 0 bridgehead atoms. The first kappa shape index (κ1) is 28.4. The van der Waals surface area contributed by atoms with Crippen LogP contribution < -0.4 is 15.5 Å². The number of amides is 1. The van der Waals surface area contributed by atoms with Crippen LogP contribution in [0, 0.1) is 19.8 Å². The minimum absolute atomic E-state index is 0.102. The molecule has 1 amide bonds. The molecule has 1 aliphatic heterocycles. The molecule has 4 aromatic rings. The fraction of sp³-hybridized carbons (Fsp3) is 0.233. The highest BCUT2D eigenvalue weighted by atomic mass is 35.5. The summed E-state index contributed by atoms with van der Waals surface area (Å²) in [6.07, 6.45) is 1.78. The van der Waals surface area contributed by atoms with Crippen LogP contribution in [0.3, 0.4) is 0 Å². The van der Waals surface area contributed by atoms with Crippen LogP contribution in [0.1, 0.15) is 48.6 Å². The van der Waals surface area contributed by atoms with Gasteiger partial charge in [0.2, 0.25) is 5.91 Å². The molecule has 40 heavy (non-hydrogen) atoms. The van der Waals surface area contributed by atoms with E-state index in [1.807, 2.05) is 69.3 Å². The van der Waals surface area contributed by atoms with Gasteiger partial charge in [0, 0.05) is 34.2 Å². The molecule has 6 nitrogen and oxygen atoms in total. The normalized spacial score (nSPS) is 16.9. The van der Waals surface area contributed by atoms with E-state index in [1.54, 1.807) is 12.3 Å². The third kappa shape index (κ3) is 5.31. The van der Waals surface area contributed by atoms with Crippen molar-refractivity contribution in [3.63, 3.8) is 0 Å². The molecule has 2 atom stereocenters. The highest BCUT2D eigenvalue weighted by molar-refractivity contribution is 7.80. The number of benzene rings is 2. The Morgan fingerprint density at radius 2 is 1.80 bits per heavy atom. The van der Waals surface area contributed by atoms with E-state index < -0.39 is 0 Å². The quantitative estimate of drug-likeness (QED) is 0.215. The molecular formula is C30H28Cl3N5OS. The summed E-state index contributed by atoms with van der Waals surface area (Å²) in [6.45, 7) is 7.79. The minimum atomic E-state index is -0.249. The molecule has 2 aromatic heterocycles. The van der Waals surface area contributed by atoms with Gasteiger partial charge in [-0.25, -0.2) is 0 Å². The second kappa shape index (κ2) is 11.4. The molecule has 1 aliphatic rings. The van der Waals surface area contributed by atoms with Crippen LogP contribution in [-0.4, -0.2) is 20.6 Å². The summed E-state index contributed by atoms with van der Waals surface area (Å²) in [7, 11) is 0. The van der Waals surface area contributed by atoms with E-state index in [0.717, 1.165) is 34.0 Å². The SMILES string of the molecule is Cc1cc(C2C(c3ccccn3)NC(=S)N2c2ccc(NC(=O)C(C)C)c(Cl)c2)c(C)n1-c1ccc(Cl)cc1Cl. The van der Waals surface area contributed by atoms with Crippen LogP contribution in [0.2, 0.25) is 15.1 Å². The Hall–Kier alpha value is -3.10. The second-order valence-corrected chi connectivity index (χ2v) is 11.7. The lowest BCUT2D eigenvalue weighted by molar-refractivity contribution is -0.118. The number of nitrogens with one attached hydrogen (secondary N) is 2. The summed E-state index contributed by atoms with van der Waals surface area (Å²) < 4.78 is 2.13. The number of nitrogens with zero attached hydrogens (tertiary/aromatic N) is 3. The fourth-order valence-corrected chi connectivity index (χ4v) is 6.16. The van der Waals surface area contributed by atoms with E-state index in [0.29, 0.717) is 25.9 Å². The largest absolute Gasteiger partial charge is 0.351 e. The van der Waals surface area contributed by atoms with Gasteiger partial charge in [0.05, 0.1) is 39.2 Å². The van der Waals surface area contributed by atoms with Crippen molar-refractivity contribution in [1.82, 2.24) is 14.9 Å². The predicted molar refractivity (Wildman–Crippen MR) is 168 cm³/mol. The number of carbonyl (C=O) groups excluding carboxylic acids is 1. The predicted octanol–water partition coefficient (Wildman–Crippen LogP) is 8.22. The maximum atomic E-state index is 12.3. The fourth-order valence-electron chi connectivity index (χ4n) is 5.10. The van der Waals surface area contributed by atoms with Gasteiger partial charge in [-0.05, 0) is 86.2 Å². The van der Waals surface area contributed by atoms with Crippen LogP contribution in [0.5, 0.6) is 0 Å². The monoisotopic (exact) mass is 611 g/mol. The topological polar surface area (TPSA) is 62.2 Å². The number of aromatic nitrogens is 2. The van der Waals surface area contributed by atoms with Crippen molar-refractivity contribution in [3.8, 4) is 5.69 Å². The zero-order valence-electron chi connectivity index (χ0n) is 22.4. The Morgan fingerprint density at radius 3 is 2.45 bits per heavy atom. The summed E-state index contributed by atoms with van der Waals surface area (Å²) in [6, 6.07) is 18.6. The Labute approximate surface area is 254 Å². The first-order valence-electron chi connectivity index (χ1n) is 12.8. The number of pyridine rings is 1. The molecular weight excluding hydrogens is 585 g/mol. The maximum absolute atomic E-state index is 12.3. The van der Waals surface area contributed by atoms with Crippen LogP contribution in [0.25, 0.3) is 5.69 Å². The van der Waals surface area contributed by atoms with E-state index in [-0.39, 0.29) is 23.9 Å². The number of hydrogen-bond donors (Lipinski definition) is 2. The van der Waals surface area contributed by atoms with E-state index in [9.17, 15) is 4.79 Å². The number of anilines is 2. The molecule has 0 spiro atoms. The Kier molecular flexibility index (Phi) is 8.11. The van der Waals surface area contributed by atoms with Gasteiger partial charge < -0.3 is 20.1 Å². The molecule has 206 valence electrons. The molecule has 1 fully saturated rings. The molecule has 1 saturated heterocycles. The van der Waals surface area contributed by atoms with Gasteiger partial charge in [-0.15, -0.1) is 0 Å². The van der Waals surface area contributed by atoms with Gasteiger partial charge in [0.25, 0.3) is 0 Å². The van der Waals surface area contributed by atoms with Gasteiger partial charge in [0.15, 0.2) is 5.11 Å². The number of aryl methyl sites for hydroxylation is 1. The summed E-state index contributed by atoms with van der Waals surface area (Å²) >= 11 is 25.4. The first-order chi connectivity index (χ1) is 19.1. The first-order valence-corrected chi connectivity index (χ1v) is 14.4. The van der Waals surface area contributed by atoms with Crippen molar-refractivity contribution < 1.29 is 4.79 Å². The van der Waals surface area contributed by atoms with Crippen LogP contribution in [-0.2, 0) is 4.79 Å². The van der Waals surface area contributed by atoms with Gasteiger partial charge in [-0.1, -0.05) is 54.7 Å². The highest BCUT2D eigenvalue weighted by Gasteiger charge is 2.42. The summed E-state index contributed by atoms with van der Waals surface area (Å²) in [5.41, 5.74) is 6.13. The zero-order chi connectivity index (χ0) is 28.7. The summed E-state index contributed by atoms with van der Waals surface area (Å²) in [5, 5.41) is 8.49. The van der Waals surface area contributed by atoms with Crippen molar-refractivity contribution >= 4 is 69.4 Å². The molecule has 3 heterocycles. The third-order valence-corrected chi connectivity index (χ3v) is 8.22. The zero-order valence-corrected chi connectivity index (χ0v) is 25.5. The van der Waals surface area contributed by atoms with Crippen LogP contribution in [0.15, 0.2) is 66.9 Å². The molecule has 2 aromatic carbocycles. The van der Waals surface area contributed by atoms with Crippen molar-refractivity contribution in [3.05, 3.63) is 105 Å². The number of rotatable bonds is 6. The van der Waals surface area contributed by atoms with Gasteiger partial charge >= 0.3 is 0 Å². The van der Waals surface area contributed by atoms with E-state index in [2.05, 4.69) is 38.1 Å². The number of carbonyl (C=O) groups is 1. The molecule has 0 radical (unpaired) electrons. The van der Waals surface area contributed by atoms with Gasteiger partial charge in [-0.3, -0.25) is 9.78 Å². The van der Waals surface area contributed by atoms with E-state index in [1.165, 1.54) is 0 Å². The van der Waals surface area contributed by atoms with Gasteiger partial charge in [-0.2, -0.15) is 0 Å². The molecule has 0 aliphatic carbocycles. The smallest absolute Gasteiger partial charge is 0.226 e. The summed E-state index contributed by atoms with van der Waals surface area (Å²) in [4.78, 5) is 19.0. The van der Waals surface area contributed by atoms with Crippen LogP contribution in [0.4, 0.5) is 11.4 Å². The highest BCUT2D eigenvalue weighted by Crippen LogP contribution is 2.45. The van der Waals surface area contributed by atoms with Crippen molar-refractivity contribution in [2.24, 2.45) is 5.92 Å². The second-order valence-electron chi connectivity index (χ2n) is 10.1. The molecule has 5 rings (SSSR count). The lowest BCUT2D eigenvalue weighted by Gasteiger charge is -2.28. The average Bonchev–Trinajstić information content (AvgIpc) is 3.41. The molecule has 0 saturated carbocycles. The van der Waals surface area contributed by atoms with E-state index in [4.69, 9.17) is 47.0 Å². The number of thiocarbonyl (C=S) groups is 1. The van der Waals surface area contributed by atoms with Crippen molar-refractivity contribution in [1.29, 1.82) is 0 Å². The molecule has 2 unspecified atom stereocenters. The standard InChI is InChI=1S/C30H28Cl3N5OS/c1-16(2)29(39)35-24-10-9-20(15-22(24)32)38-28(27(36-30(38)40)25-7-5-6-12-34-25)21-13-17(3)37(18(21)4)26-11-8-19(31)14-23(26)33/h5-16,27-28H,1-4H3,(H,35,39)(H,36,40). The van der Waals surface area contributed by atoms with Crippen molar-refractivity contribution in [2.45, 2.75) is 39.8 Å². The number of halogens is 3. The third-order valence-electron chi connectivity index (χ3n) is 7.05. The minimum Gasteiger partial charge on any atom is -0.351 e. The lowest BCUT2D eigenvalue weighted by atomic mass is 9.96. The van der Waals surface area contributed by atoms with E-state index >= 15 is 0 Å². The Bertz CT molecular complexity index is 1600. The van der Waals surface area contributed by atoms with Gasteiger partial charge in [0.1, 0.15) is 0 Å². The van der Waals surface area contributed by atoms with Crippen molar-refractivity contribution in [2.75, 3.05) is 10.2 Å².